The largest absolute Gasteiger partial charge is 0.493 e. The molecule has 3 N–H and O–H groups in total. The zero-order chi connectivity index (χ0) is 20.8. The Kier molecular flexibility index (Phi) is 4.47. The number of nitrogens with one attached hydrogen (secondary N) is 1. The molecule has 4 aromatic rings. The average molecular weight is 415 g/mol. The van der Waals surface area contributed by atoms with Gasteiger partial charge in [0.25, 0.3) is 0 Å². The number of sulfonamides is 1. The molecule has 10 nitrogen and oxygen atoms in total. The minimum absolute atomic E-state index is 0.0981. The number of nitrogens with two attached hydrogens (primary N) is 1. The van der Waals surface area contributed by atoms with Crippen molar-refractivity contribution < 1.29 is 17.9 Å². The minimum atomic E-state index is -3.84. The molecule has 0 amide bonds. The van der Waals surface area contributed by atoms with E-state index in [-0.39, 0.29) is 17.1 Å². The van der Waals surface area contributed by atoms with E-state index < -0.39 is 10.0 Å². The van der Waals surface area contributed by atoms with E-state index in [1.165, 1.54) is 30.9 Å². The van der Waals surface area contributed by atoms with E-state index in [4.69, 9.17) is 14.6 Å². The van der Waals surface area contributed by atoms with E-state index in [9.17, 15) is 13.2 Å². The summed E-state index contributed by atoms with van der Waals surface area (Å²) in [6, 6.07) is 6.35. The van der Waals surface area contributed by atoms with Gasteiger partial charge in [-0.15, -0.1) is 0 Å². The molecule has 0 saturated heterocycles. The molecular formula is C18H17N5O5S. The summed E-state index contributed by atoms with van der Waals surface area (Å²) in [7, 11) is -0.780. The highest BCUT2D eigenvalue weighted by Crippen LogP contribution is 2.34. The average Bonchev–Trinajstić information content (AvgIpc) is 3.02. The minimum Gasteiger partial charge on any atom is -0.493 e. The zero-order valence-electron chi connectivity index (χ0n) is 15.5. The van der Waals surface area contributed by atoms with Gasteiger partial charge in [0.2, 0.25) is 10.0 Å². The Morgan fingerprint density at radius 2 is 1.83 bits per heavy atom. The predicted octanol–water partition coefficient (Wildman–Crippen LogP) is 0.986. The van der Waals surface area contributed by atoms with Gasteiger partial charge < -0.3 is 14.5 Å². The number of aromatic amines is 1. The van der Waals surface area contributed by atoms with Gasteiger partial charge in [0.15, 0.2) is 11.5 Å². The topological polar surface area (TPSA) is 142 Å². The Morgan fingerprint density at radius 3 is 2.45 bits per heavy atom. The summed E-state index contributed by atoms with van der Waals surface area (Å²) in [5, 5.41) is 5.79. The predicted molar refractivity (Wildman–Crippen MR) is 106 cm³/mol. The number of methoxy groups -OCH3 is 2. The molecule has 0 aliphatic carbocycles. The van der Waals surface area contributed by atoms with Crippen LogP contribution in [0.1, 0.15) is 5.69 Å². The Morgan fingerprint density at radius 1 is 1.10 bits per heavy atom. The molecule has 4 rings (SSSR count). The molecule has 0 unspecified atom stereocenters. The second kappa shape index (κ2) is 6.87. The number of fused-ring (bicyclic) bond motifs is 3. The Bertz CT molecular complexity index is 1390. The van der Waals surface area contributed by atoms with Crippen LogP contribution in [0, 0.1) is 0 Å². The van der Waals surface area contributed by atoms with Crippen LogP contribution in [-0.4, -0.2) is 42.2 Å². The number of benzene rings is 1. The molecule has 1 aromatic carbocycles. The second-order valence-electron chi connectivity index (χ2n) is 6.29. The number of primary sulfonamides is 1. The van der Waals surface area contributed by atoms with Gasteiger partial charge in [-0.1, -0.05) is 0 Å². The summed E-state index contributed by atoms with van der Waals surface area (Å²) in [5.74, 6) is 1.03. The molecule has 0 aliphatic rings. The first-order valence-electron chi connectivity index (χ1n) is 8.43. The van der Waals surface area contributed by atoms with Gasteiger partial charge in [-0.2, -0.15) is 0 Å². The number of imidazole rings is 1. The van der Waals surface area contributed by atoms with Crippen molar-refractivity contribution >= 4 is 32.0 Å². The van der Waals surface area contributed by atoms with Crippen molar-refractivity contribution in [3.63, 3.8) is 0 Å². The van der Waals surface area contributed by atoms with Crippen LogP contribution in [0.15, 0.2) is 46.3 Å². The van der Waals surface area contributed by atoms with E-state index in [1.807, 2.05) is 0 Å². The van der Waals surface area contributed by atoms with Gasteiger partial charge in [-0.25, -0.2) is 18.4 Å². The van der Waals surface area contributed by atoms with E-state index in [1.54, 1.807) is 18.3 Å². The Balaban J connectivity index is 1.89. The molecule has 150 valence electrons. The molecule has 11 heteroatoms. The highest BCUT2D eigenvalue weighted by atomic mass is 32.2. The van der Waals surface area contributed by atoms with Gasteiger partial charge in [0.05, 0.1) is 49.2 Å². The van der Waals surface area contributed by atoms with E-state index in [0.29, 0.717) is 39.1 Å². The number of nitrogens with zero attached hydrogens (tertiary/aromatic N) is 3. The standard InChI is InChI=1S/C18H17N5O5S/c1-27-15-5-12-13(6-16(15)28-2)21-8-14-17(12)23(18(24)22-14)9-10-3-4-11(7-20-10)29(19,25)26/h3-8H,9H2,1-2H3,(H,22,24)(H2,19,25,26). The maximum Gasteiger partial charge on any atom is 0.326 e. The number of H-pyrrole nitrogens is 1. The first kappa shape index (κ1) is 18.9. The van der Waals surface area contributed by atoms with Gasteiger partial charge in [-0.3, -0.25) is 14.5 Å². The second-order valence-corrected chi connectivity index (χ2v) is 7.85. The lowest BCUT2D eigenvalue weighted by Gasteiger charge is -2.10. The molecule has 0 radical (unpaired) electrons. The van der Waals surface area contributed by atoms with Crippen molar-refractivity contribution in [1.29, 1.82) is 0 Å². The summed E-state index contributed by atoms with van der Waals surface area (Å²) in [5.41, 5.74) is 1.95. The fourth-order valence-corrected chi connectivity index (χ4v) is 3.61. The quantitative estimate of drug-likeness (QED) is 0.495. The smallest absolute Gasteiger partial charge is 0.326 e. The lowest BCUT2D eigenvalue weighted by molar-refractivity contribution is 0.356. The van der Waals surface area contributed by atoms with Gasteiger partial charge in [-0.05, 0) is 18.2 Å². The number of pyridine rings is 2. The normalized spacial score (nSPS) is 11.8. The van der Waals surface area contributed by atoms with Crippen LogP contribution in [0.25, 0.3) is 21.9 Å². The lowest BCUT2D eigenvalue weighted by atomic mass is 10.1. The Hall–Kier alpha value is -3.44. The summed E-state index contributed by atoms with van der Waals surface area (Å²) < 4.78 is 35.0. The molecule has 0 fully saturated rings. The van der Waals surface area contributed by atoms with Crippen LogP contribution in [0.4, 0.5) is 0 Å². The van der Waals surface area contributed by atoms with Gasteiger partial charge >= 0.3 is 5.69 Å². The Labute approximate surface area is 165 Å². The van der Waals surface area contributed by atoms with Crippen molar-refractivity contribution in [2.45, 2.75) is 11.4 Å². The van der Waals surface area contributed by atoms with Gasteiger partial charge in [0.1, 0.15) is 4.90 Å². The zero-order valence-corrected chi connectivity index (χ0v) is 16.4. The lowest BCUT2D eigenvalue weighted by Crippen LogP contribution is -2.18. The van der Waals surface area contributed by atoms with E-state index in [0.717, 1.165) is 6.20 Å². The molecule has 0 aliphatic heterocycles. The summed E-state index contributed by atoms with van der Waals surface area (Å²) in [6.07, 6.45) is 2.73. The van der Waals surface area contributed by atoms with Crippen LogP contribution < -0.4 is 20.3 Å². The van der Waals surface area contributed by atoms with Crippen molar-refractivity contribution in [3.8, 4) is 11.5 Å². The molecule has 0 bridgehead atoms. The number of aromatic nitrogens is 4. The highest BCUT2D eigenvalue weighted by Gasteiger charge is 2.16. The first-order chi connectivity index (χ1) is 13.8. The van der Waals surface area contributed by atoms with Crippen molar-refractivity contribution in [2.24, 2.45) is 5.14 Å². The van der Waals surface area contributed by atoms with Crippen molar-refractivity contribution in [2.75, 3.05) is 14.2 Å². The fraction of sp³-hybridized carbons (Fsp3) is 0.167. The SMILES string of the molecule is COc1cc2ncc3[nH]c(=O)n(Cc4ccc(S(N)(=O)=O)cn4)c3c2cc1OC. The third-order valence-electron chi connectivity index (χ3n) is 4.55. The maximum atomic E-state index is 12.6. The number of ether oxygens (including phenoxy) is 2. The monoisotopic (exact) mass is 415 g/mol. The van der Waals surface area contributed by atoms with Crippen LogP contribution >= 0.6 is 0 Å². The van der Waals surface area contributed by atoms with E-state index >= 15 is 0 Å². The number of rotatable bonds is 5. The highest BCUT2D eigenvalue weighted by molar-refractivity contribution is 7.89. The third kappa shape index (κ3) is 3.30. The molecule has 29 heavy (non-hydrogen) atoms. The van der Waals surface area contributed by atoms with Crippen molar-refractivity contribution in [3.05, 3.63) is 52.8 Å². The molecule has 3 aromatic heterocycles. The van der Waals surface area contributed by atoms with Crippen LogP contribution in [-0.2, 0) is 16.6 Å². The molecule has 0 atom stereocenters. The third-order valence-corrected chi connectivity index (χ3v) is 5.45. The first-order valence-corrected chi connectivity index (χ1v) is 9.97. The summed E-state index contributed by atoms with van der Waals surface area (Å²) in [4.78, 5) is 23.7. The summed E-state index contributed by atoms with van der Waals surface area (Å²) in [6.45, 7) is 0.122. The van der Waals surface area contributed by atoms with Crippen molar-refractivity contribution in [1.82, 2.24) is 19.5 Å². The maximum absolute atomic E-state index is 12.6. The number of hydrogen-bond acceptors (Lipinski definition) is 7. The molecule has 3 heterocycles. The van der Waals surface area contributed by atoms with Crippen LogP contribution in [0.3, 0.4) is 0 Å². The summed E-state index contributed by atoms with van der Waals surface area (Å²) >= 11 is 0. The molecule has 0 spiro atoms. The number of hydrogen-bond donors (Lipinski definition) is 2. The fourth-order valence-electron chi connectivity index (χ4n) is 3.16. The van der Waals surface area contributed by atoms with Gasteiger partial charge in [0, 0.05) is 17.6 Å². The van der Waals surface area contributed by atoms with Crippen LogP contribution in [0.5, 0.6) is 11.5 Å². The molecular weight excluding hydrogens is 398 g/mol. The van der Waals surface area contributed by atoms with Crippen LogP contribution in [0.2, 0.25) is 0 Å². The molecule has 0 saturated carbocycles. The van der Waals surface area contributed by atoms with E-state index in [2.05, 4.69) is 15.0 Å².